The summed E-state index contributed by atoms with van der Waals surface area (Å²) in [6.07, 6.45) is 0. The van der Waals surface area contributed by atoms with Crippen molar-refractivity contribution in [1.82, 2.24) is 0 Å². The van der Waals surface area contributed by atoms with Crippen LogP contribution in [0.2, 0.25) is 0 Å². The average Bonchev–Trinajstić information content (AvgIpc) is 3.49. The van der Waals surface area contributed by atoms with E-state index in [1.807, 2.05) is 18.2 Å². The molecule has 9 aromatic rings. The van der Waals surface area contributed by atoms with Gasteiger partial charge in [0.15, 0.2) is 0 Å². The highest BCUT2D eigenvalue weighted by molar-refractivity contribution is 6.22. The number of furan rings is 1. The van der Waals surface area contributed by atoms with Gasteiger partial charge in [0.25, 0.3) is 0 Å². The van der Waals surface area contributed by atoms with Gasteiger partial charge in [-0.2, -0.15) is 0 Å². The summed E-state index contributed by atoms with van der Waals surface area (Å²) in [6.45, 7) is 0. The monoisotopic (exact) mass is 551 g/mol. The molecule has 8 aromatic carbocycles. The zero-order valence-corrected chi connectivity index (χ0v) is 23.0. The standard InChI is InChI=1S/C42H26O/c1-2-10-27(11-3-1)30-20-22-39-37(25-30)38-26-32(21-23-40(38)43-39)42-35-16-8-6-14-33(35)41(34-15-7-9-17-36(34)42)31-19-18-28-12-4-5-13-29(28)24-31/h1-26H/i1D,2D,3D,10D,11D. The number of hydrogen-bond acceptors (Lipinski definition) is 1. The molecule has 0 radical (unpaired) electrons. The van der Waals surface area contributed by atoms with E-state index in [2.05, 4.69) is 103 Å². The second-order valence-electron chi connectivity index (χ2n) is 10.9. The van der Waals surface area contributed by atoms with Gasteiger partial charge in [-0.25, -0.2) is 0 Å². The number of rotatable bonds is 3. The summed E-state index contributed by atoms with van der Waals surface area (Å²) >= 11 is 0. The van der Waals surface area contributed by atoms with Crippen LogP contribution in [0.25, 0.3) is 87.6 Å². The molecule has 0 unspecified atom stereocenters. The number of hydrogen-bond donors (Lipinski definition) is 0. The Kier molecular flexibility index (Phi) is 4.27. The van der Waals surface area contributed by atoms with Gasteiger partial charge in [0, 0.05) is 10.8 Å². The summed E-state index contributed by atoms with van der Waals surface area (Å²) in [5, 5.41) is 8.75. The minimum absolute atomic E-state index is 0.176. The van der Waals surface area contributed by atoms with Gasteiger partial charge in [-0.05, 0) is 96.0 Å². The van der Waals surface area contributed by atoms with Crippen LogP contribution in [-0.4, -0.2) is 0 Å². The zero-order valence-electron chi connectivity index (χ0n) is 28.0. The van der Waals surface area contributed by atoms with E-state index in [1.165, 1.54) is 32.7 Å². The van der Waals surface area contributed by atoms with Crippen molar-refractivity contribution in [2.24, 2.45) is 0 Å². The van der Waals surface area contributed by atoms with Crippen LogP contribution in [0.3, 0.4) is 0 Å². The van der Waals surface area contributed by atoms with E-state index in [4.69, 9.17) is 11.3 Å². The van der Waals surface area contributed by atoms with Crippen LogP contribution in [0.5, 0.6) is 0 Å². The molecule has 1 heterocycles. The lowest BCUT2D eigenvalue weighted by Gasteiger charge is -2.18. The summed E-state index contributed by atoms with van der Waals surface area (Å²) in [4.78, 5) is 0. The highest BCUT2D eigenvalue weighted by atomic mass is 16.3. The molecule has 0 bridgehead atoms. The fraction of sp³-hybridized carbons (Fsp3) is 0. The lowest BCUT2D eigenvalue weighted by atomic mass is 9.85. The summed E-state index contributed by atoms with van der Waals surface area (Å²) in [6, 6.07) is 42.4. The molecule has 0 atom stereocenters. The molecule has 1 aromatic heterocycles. The molecule has 0 fully saturated rings. The number of benzene rings is 8. The van der Waals surface area contributed by atoms with Crippen LogP contribution >= 0.6 is 0 Å². The van der Waals surface area contributed by atoms with E-state index < -0.39 is 6.04 Å². The van der Waals surface area contributed by atoms with Gasteiger partial charge in [0.05, 0.1) is 6.85 Å². The molecule has 9 rings (SSSR count). The second-order valence-corrected chi connectivity index (χ2v) is 10.9. The zero-order chi connectivity index (χ0) is 32.7. The van der Waals surface area contributed by atoms with Crippen molar-refractivity contribution in [1.29, 1.82) is 0 Å². The Labute approximate surface area is 256 Å². The van der Waals surface area contributed by atoms with E-state index in [0.29, 0.717) is 16.7 Å². The third kappa shape index (κ3) is 3.79. The van der Waals surface area contributed by atoms with Gasteiger partial charge < -0.3 is 4.42 Å². The van der Waals surface area contributed by atoms with E-state index in [9.17, 15) is 0 Å². The lowest BCUT2D eigenvalue weighted by Crippen LogP contribution is -1.91. The van der Waals surface area contributed by atoms with Crippen molar-refractivity contribution >= 4 is 54.3 Å². The van der Waals surface area contributed by atoms with Crippen molar-refractivity contribution in [2.75, 3.05) is 0 Å². The third-order valence-corrected chi connectivity index (χ3v) is 8.52. The van der Waals surface area contributed by atoms with Gasteiger partial charge in [0.1, 0.15) is 11.2 Å². The summed E-state index contributed by atoms with van der Waals surface area (Å²) in [5.74, 6) is 0. The first-order valence-corrected chi connectivity index (χ1v) is 14.4. The van der Waals surface area contributed by atoms with Gasteiger partial charge in [-0.15, -0.1) is 0 Å². The van der Waals surface area contributed by atoms with Gasteiger partial charge in [-0.3, -0.25) is 0 Å². The van der Waals surface area contributed by atoms with Gasteiger partial charge in [-0.1, -0.05) is 127 Å². The Balaban J connectivity index is 1.30. The Morgan fingerprint density at radius 2 is 0.860 bits per heavy atom. The fourth-order valence-corrected chi connectivity index (χ4v) is 6.58. The minimum atomic E-state index is -0.403. The molecule has 0 N–H and O–H groups in total. The smallest absolute Gasteiger partial charge is 0.135 e. The van der Waals surface area contributed by atoms with Crippen LogP contribution in [0, 0.1) is 0 Å². The quantitative estimate of drug-likeness (QED) is 0.199. The summed E-state index contributed by atoms with van der Waals surface area (Å²) < 4.78 is 47.7. The van der Waals surface area contributed by atoms with Crippen molar-refractivity contribution in [3.63, 3.8) is 0 Å². The Morgan fingerprint density at radius 1 is 0.372 bits per heavy atom. The van der Waals surface area contributed by atoms with Crippen molar-refractivity contribution < 1.29 is 11.3 Å². The Morgan fingerprint density at radius 3 is 1.49 bits per heavy atom. The molecule has 0 amide bonds. The maximum Gasteiger partial charge on any atom is 0.135 e. The predicted molar refractivity (Wildman–Crippen MR) is 183 cm³/mol. The predicted octanol–water partition coefficient (Wildman–Crippen LogP) is 12.0. The van der Waals surface area contributed by atoms with E-state index >= 15 is 0 Å². The first-order valence-electron chi connectivity index (χ1n) is 16.9. The summed E-state index contributed by atoms with van der Waals surface area (Å²) in [5.41, 5.74) is 6.64. The molecule has 0 saturated heterocycles. The SMILES string of the molecule is [2H]c1c([2H])c([2H])c(-c2ccc3oc4ccc(-c5c6ccccc6c(-c6ccc7ccccc7c6)c6ccccc56)cc4c3c2)c([2H])c1[2H]. The van der Waals surface area contributed by atoms with Crippen molar-refractivity contribution in [2.45, 2.75) is 0 Å². The minimum Gasteiger partial charge on any atom is -0.456 e. The molecule has 200 valence electrons. The highest BCUT2D eigenvalue weighted by Gasteiger charge is 2.18. The summed E-state index contributed by atoms with van der Waals surface area (Å²) in [7, 11) is 0. The molecule has 0 aliphatic rings. The van der Waals surface area contributed by atoms with Gasteiger partial charge in [0.2, 0.25) is 0 Å². The van der Waals surface area contributed by atoms with Crippen molar-refractivity contribution in [3.8, 4) is 33.4 Å². The molecule has 0 aliphatic carbocycles. The maximum atomic E-state index is 8.53. The normalized spacial score (nSPS) is 13.3. The molecule has 1 nitrogen and oxygen atoms in total. The fourth-order valence-electron chi connectivity index (χ4n) is 6.58. The molecule has 43 heavy (non-hydrogen) atoms. The van der Waals surface area contributed by atoms with Gasteiger partial charge >= 0.3 is 0 Å². The average molecular weight is 552 g/mol. The third-order valence-electron chi connectivity index (χ3n) is 8.52. The lowest BCUT2D eigenvalue weighted by molar-refractivity contribution is 0.669. The largest absolute Gasteiger partial charge is 0.456 e. The molecule has 0 saturated carbocycles. The van der Waals surface area contributed by atoms with Crippen LogP contribution in [0.15, 0.2) is 162 Å². The Hall–Kier alpha value is -5.66. The van der Waals surface area contributed by atoms with Crippen LogP contribution in [0.1, 0.15) is 6.85 Å². The first-order chi connectivity index (χ1) is 23.4. The van der Waals surface area contributed by atoms with E-state index in [-0.39, 0.29) is 29.7 Å². The molecular weight excluding hydrogens is 520 g/mol. The maximum absolute atomic E-state index is 8.53. The second kappa shape index (κ2) is 9.44. The molecule has 1 heteroatoms. The first kappa shape index (κ1) is 19.5. The van der Waals surface area contributed by atoms with Crippen molar-refractivity contribution in [3.05, 3.63) is 158 Å². The van der Waals surface area contributed by atoms with E-state index in [0.717, 1.165) is 32.7 Å². The van der Waals surface area contributed by atoms with Crippen LogP contribution in [0.4, 0.5) is 0 Å². The Bertz CT molecular complexity index is 2710. The molecular formula is C42H26O. The van der Waals surface area contributed by atoms with Crippen LogP contribution < -0.4 is 0 Å². The number of fused-ring (bicyclic) bond motifs is 6. The molecule has 0 spiro atoms. The van der Waals surface area contributed by atoms with E-state index in [1.54, 1.807) is 6.07 Å². The molecule has 0 aliphatic heterocycles. The highest BCUT2D eigenvalue weighted by Crippen LogP contribution is 2.45. The van der Waals surface area contributed by atoms with Crippen LogP contribution in [-0.2, 0) is 0 Å². The topological polar surface area (TPSA) is 13.1 Å².